The Morgan fingerprint density at radius 1 is 1.23 bits per heavy atom. The van der Waals surface area contributed by atoms with Crippen LogP contribution in [-0.2, 0) is 9.59 Å². The van der Waals surface area contributed by atoms with Crippen molar-refractivity contribution >= 4 is 11.6 Å². The first kappa shape index (κ1) is 15.7. The predicted molar refractivity (Wildman–Crippen MR) is 88.4 cm³/mol. The van der Waals surface area contributed by atoms with Crippen molar-refractivity contribution in [3.05, 3.63) is 23.3 Å². The van der Waals surface area contributed by atoms with Gasteiger partial charge in [-0.05, 0) is 56.4 Å². The number of rotatable bonds is 1. The molecule has 3 aliphatic rings. The zero-order valence-corrected chi connectivity index (χ0v) is 14.5. The van der Waals surface area contributed by atoms with E-state index in [1.807, 2.05) is 13.0 Å². The molecule has 22 heavy (non-hydrogen) atoms. The molecule has 0 amide bonds. The predicted octanol–water partition coefficient (Wildman–Crippen LogP) is 4.50. The molecule has 0 saturated heterocycles. The Morgan fingerprint density at radius 3 is 2.55 bits per heavy atom. The standard InChI is InChI=1S/C20H28O2/c1-12(2)14-10-16(21)20(5)17(22)11-19(4)9-8-13(3)6-7-15(19)18(14)20/h8,10,12,15,18H,6-7,9,11H2,1-5H3/t15-,18-,19-,20+/m1/s1. The Labute approximate surface area is 134 Å². The van der Waals surface area contributed by atoms with Crippen molar-refractivity contribution in [1.29, 1.82) is 0 Å². The van der Waals surface area contributed by atoms with Crippen LogP contribution in [0.4, 0.5) is 0 Å². The first-order valence-electron chi connectivity index (χ1n) is 8.65. The number of allylic oxidation sites excluding steroid dienone is 4. The van der Waals surface area contributed by atoms with Gasteiger partial charge in [-0.1, -0.05) is 38.0 Å². The molecule has 0 aromatic rings. The van der Waals surface area contributed by atoms with E-state index in [4.69, 9.17) is 0 Å². The fraction of sp³-hybridized carbons (Fsp3) is 0.700. The molecule has 0 unspecified atom stereocenters. The number of carbonyl (C=O) groups excluding carboxylic acids is 2. The third kappa shape index (κ3) is 1.99. The lowest BCUT2D eigenvalue weighted by Crippen LogP contribution is -2.53. The van der Waals surface area contributed by atoms with E-state index < -0.39 is 5.41 Å². The third-order valence-corrected chi connectivity index (χ3v) is 6.67. The Hall–Kier alpha value is -1.18. The van der Waals surface area contributed by atoms with E-state index in [0.717, 1.165) is 19.3 Å². The van der Waals surface area contributed by atoms with Crippen LogP contribution < -0.4 is 0 Å². The Balaban J connectivity index is 2.11. The second kappa shape index (κ2) is 4.91. The highest BCUT2D eigenvalue weighted by atomic mass is 16.2. The highest BCUT2D eigenvalue weighted by molar-refractivity contribution is 6.15. The quantitative estimate of drug-likeness (QED) is 0.528. The summed E-state index contributed by atoms with van der Waals surface area (Å²) in [6, 6.07) is 0. The van der Waals surface area contributed by atoms with Crippen molar-refractivity contribution in [2.75, 3.05) is 0 Å². The molecule has 4 atom stereocenters. The minimum atomic E-state index is -0.790. The fourth-order valence-corrected chi connectivity index (χ4v) is 5.06. The zero-order valence-electron chi connectivity index (χ0n) is 14.5. The molecule has 2 heteroatoms. The largest absolute Gasteiger partial charge is 0.299 e. The average molecular weight is 300 g/mol. The van der Waals surface area contributed by atoms with Gasteiger partial charge in [-0.2, -0.15) is 0 Å². The van der Waals surface area contributed by atoms with E-state index in [-0.39, 0.29) is 22.9 Å². The Bertz CT molecular complexity index is 595. The van der Waals surface area contributed by atoms with Crippen molar-refractivity contribution < 1.29 is 9.59 Å². The highest BCUT2D eigenvalue weighted by Gasteiger charge is 2.62. The van der Waals surface area contributed by atoms with Gasteiger partial charge < -0.3 is 0 Å². The van der Waals surface area contributed by atoms with E-state index >= 15 is 0 Å². The van der Waals surface area contributed by atoms with E-state index in [2.05, 4.69) is 33.8 Å². The normalized spacial score (nSPS) is 41.7. The average Bonchev–Trinajstić information content (AvgIpc) is 2.61. The molecule has 0 aromatic heterocycles. The van der Waals surface area contributed by atoms with Crippen molar-refractivity contribution in [3.63, 3.8) is 0 Å². The second-order valence-corrected chi connectivity index (χ2v) is 8.50. The molecule has 0 heterocycles. The number of carbonyl (C=O) groups is 2. The van der Waals surface area contributed by atoms with Crippen LogP contribution in [-0.4, -0.2) is 11.6 Å². The lowest BCUT2D eigenvalue weighted by atomic mass is 9.50. The molecule has 0 aliphatic heterocycles. The minimum Gasteiger partial charge on any atom is -0.299 e. The maximum atomic E-state index is 13.0. The first-order chi connectivity index (χ1) is 10.2. The lowest BCUT2D eigenvalue weighted by Gasteiger charge is -2.51. The molecule has 0 radical (unpaired) electrons. The SMILES string of the molecule is CC1=CC[C@]2(C)CC(=O)[C@]3(C)C(=O)C=C(C(C)C)[C@@H]3[C@H]2CC1. The number of hydrogen-bond acceptors (Lipinski definition) is 2. The monoisotopic (exact) mass is 300 g/mol. The maximum absolute atomic E-state index is 13.0. The van der Waals surface area contributed by atoms with Crippen LogP contribution in [0.15, 0.2) is 23.3 Å². The van der Waals surface area contributed by atoms with Crippen LogP contribution in [0, 0.1) is 28.6 Å². The summed E-state index contributed by atoms with van der Waals surface area (Å²) >= 11 is 0. The van der Waals surface area contributed by atoms with E-state index in [1.54, 1.807) is 0 Å². The van der Waals surface area contributed by atoms with Crippen molar-refractivity contribution in [1.82, 2.24) is 0 Å². The smallest absolute Gasteiger partial charge is 0.169 e. The Morgan fingerprint density at radius 2 is 1.91 bits per heavy atom. The number of ketones is 2. The van der Waals surface area contributed by atoms with Crippen LogP contribution in [0.2, 0.25) is 0 Å². The van der Waals surface area contributed by atoms with Gasteiger partial charge in [0.2, 0.25) is 0 Å². The van der Waals surface area contributed by atoms with E-state index in [0.29, 0.717) is 18.3 Å². The van der Waals surface area contributed by atoms with Gasteiger partial charge in [-0.25, -0.2) is 0 Å². The second-order valence-electron chi connectivity index (χ2n) is 8.50. The molecule has 0 bridgehead atoms. The van der Waals surface area contributed by atoms with Crippen molar-refractivity contribution in [2.24, 2.45) is 28.6 Å². The fourth-order valence-electron chi connectivity index (χ4n) is 5.06. The van der Waals surface area contributed by atoms with Crippen LogP contribution in [0.3, 0.4) is 0 Å². The van der Waals surface area contributed by atoms with Gasteiger partial charge in [0.1, 0.15) is 5.78 Å². The first-order valence-corrected chi connectivity index (χ1v) is 8.65. The number of Topliss-reactive ketones (excluding diaryl/α,β-unsaturated/α-hetero) is 1. The van der Waals surface area contributed by atoms with Crippen LogP contribution in [0.1, 0.15) is 60.3 Å². The van der Waals surface area contributed by atoms with Crippen LogP contribution in [0.25, 0.3) is 0 Å². The summed E-state index contributed by atoms with van der Waals surface area (Å²) < 4.78 is 0. The molecule has 0 aromatic carbocycles. The molecule has 0 N–H and O–H groups in total. The van der Waals surface area contributed by atoms with Crippen molar-refractivity contribution in [3.8, 4) is 0 Å². The molecule has 0 spiro atoms. The maximum Gasteiger partial charge on any atom is 0.169 e. The molecule has 2 nitrogen and oxygen atoms in total. The molecule has 3 rings (SSSR count). The van der Waals surface area contributed by atoms with E-state index in [9.17, 15) is 9.59 Å². The summed E-state index contributed by atoms with van der Waals surface area (Å²) in [6.07, 6.45) is 7.86. The van der Waals surface area contributed by atoms with Gasteiger partial charge in [0.25, 0.3) is 0 Å². The van der Waals surface area contributed by atoms with Crippen molar-refractivity contribution in [2.45, 2.75) is 60.3 Å². The molecular weight excluding hydrogens is 272 g/mol. The zero-order chi connectivity index (χ0) is 16.3. The highest BCUT2D eigenvalue weighted by Crippen LogP contribution is 2.61. The number of hydrogen-bond donors (Lipinski definition) is 0. The van der Waals surface area contributed by atoms with Gasteiger partial charge in [0.15, 0.2) is 5.78 Å². The van der Waals surface area contributed by atoms with Gasteiger partial charge >= 0.3 is 0 Å². The molecule has 3 aliphatic carbocycles. The third-order valence-electron chi connectivity index (χ3n) is 6.67. The topological polar surface area (TPSA) is 34.1 Å². The van der Waals surface area contributed by atoms with Gasteiger partial charge in [0.05, 0.1) is 5.41 Å². The molecule has 120 valence electrons. The van der Waals surface area contributed by atoms with E-state index in [1.165, 1.54) is 11.1 Å². The molecule has 1 saturated carbocycles. The van der Waals surface area contributed by atoms with Gasteiger partial charge in [0, 0.05) is 12.3 Å². The minimum absolute atomic E-state index is 0.0115. The lowest BCUT2D eigenvalue weighted by molar-refractivity contribution is -0.149. The molecular formula is C20H28O2. The summed E-state index contributed by atoms with van der Waals surface area (Å²) in [4.78, 5) is 25.6. The summed E-state index contributed by atoms with van der Waals surface area (Å²) in [5.74, 6) is 1.11. The van der Waals surface area contributed by atoms with Gasteiger partial charge in [-0.15, -0.1) is 0 Å². The summed E-state index contributed by atoms with van der Waals surface area (Å²) in [7, 11) is 0. The Kier molecular flexibility index (Phi) is 3.50. The summed E-state index contributed by atoms with van der Waals surface area (Å²) in [5.41, 5.74) is 1.88. The molecule has 1 fully saturated rings. The van der Waals surface area contributed by atoms with Gasteiger partial charge in [-0.3, -0.25) is 9.59 Å². The summed E-state index contributed by atoms with van der Waals surface area (Å²) in [5, 5.41) is 0. The number of fused-ring (bicyclic) bond motifs is 3. The summed E-state index contributed by atoms with van der Waals surface area (Å²) in [6.45, 7) is 10.7. The van der Waals surface area contributed by atoms with Crippen LogP contribution >= 0.6 is 0 Å². The van der Waals surface area contributed by atoms with Crippen LogP contribution in [0.5, 0.6) is 0 Å².